The number of anilines is 1. The number of nitro benzene ring substituents is 1. The fourth-order valence-corrected chi connectivity index (χ4v) is 3.01. The number of rotatable bonds is 7. The number of nitrogens with one attached hydrogen (secondary N) is 2. The summed E-state index contributed by atoms with van der Waals surface area (Å²) in [5.74, 6) is -0.531. The highest BCUT2D eigenvalue weighted by Crippen LogP contribution is 2.30. The lowest BCUT2D eigenvalue weighted by atomic mass is 10.2. The average molecular weight is 364 g/mol. The zero-order valence-electron chi connectivity index (χ0n) is 13.4. The normalized spacial score (nSPS) is 17.9. The number of ether oxygens (including phenoxy) is 1. The summed E-state index contributed by atoms with van der Waals surface area (Å²) in [4.78, 5) is 38.6. The van der Waals surface area contributed by atoms with Crippen LogP contribution < -0.4 is 15.4 Å². The molecule has 0 aliphatic carbocycles. The van der Waals surface area contributed by atoms with Crippen LogP contribution in [0.5, 0.6) is 5.75 Å². The number of hydrogen-bond donors (Lipinski definition) is 2. The third-order valence-corrected chi connectivity index (χ3v) is 4.31. The molecular weight excluding hydrogens is 348 g/mol. The molecule has 1 heterocycles. The van der Waals surface area contributed by atoms with Gasteiger partial charge < -0.3 is 15.4 Å². The Kier molecular flexibility index (Phi) is 6.12. The fraction of sp³-hybridized carbons (Fsp3) is 0.267. The van der Waals surface area contributed by atoms with Gasteiger partial charge in [0.15, 0.2) is 5.17 Å². The lowest BCUT2D eigenvalue weighted by molar-refractivity contribution is -0.384. The Morgan fingerprint density at radius 2 is 2.36 bits per heavy atom. The van der Waals surface area contributed by atoms with Crippen LogP contribution in [0.15, 0.2) is 35.8 Å². The van der Waals surface area contributed by atoms with Gasteiger partial charge in [-0.1, -0.05) is 17.8 Å². The van der Waals surface area contributed by atoms with E-state index < -0.39 is 16.1 Å². The van der Waals surface area contributed by atoms with E-state index >= 15 is 0 Å². The van der Waals surface area contributed by atoms with Gasteiger partial charge in [0.05, 0.1) is 24.6 Å². The van der Waals surface area contributed by atoms with E-state index in [-0.39, 0.29) is 23.7 Å². The van der Waals surface area contributed by atoms with E-state index in [4.69, 9.17) is 4.74 Å². The molecule has 0 saturated carbocycles. The summed E-state index contributed by atoms with van der Waals surface area (Å²) in [6.07, 6.45) is 1.45. The molecule has 1 aliphatic rings. The second-order valence-corrected chi connectivity index (χ2v) is 6.11. The molecule has 1 unspecified atom stereocenters. The van der Waals surface area contributed by atoms with Gasteiger partial charge in [-0.15, -0.1) is 6.58 Å². The van der Waals surface area contributed by atoms with Crippen molar-refractivity contribution in [3.63, 3.8) is 0 Å². The van der Waals surface area contributed by atoms with Gasteiger partial charge in [-0.2, -0.15) is 0 Å². The number of carbonyl (C=O) groups is 2. The number of amidine groups is 1. The van der Waals surface area contributed by atoms with Crippen molar-refractivity contribution in [3.05, 3.63) is 41.0 Å². The van der Waals surface area contributed by atoms with Gasteiger partial charge in [-0.05, 0) is 12.1 Å². The number of amides is 2. The van der Waals surface area contributed by atoms with Crippen LogP contribution in [0.25, 0.3) is 0 Å². The van der Waals surface area contributed by atoms with Crippen LogP contribution in [0.2, 0.25) is 0 Å². The van der Waals surface area contributed by atoms with Crippen LogP contribution in [0.4, 0.5) is 11.4 Å². The van der Waals surface area contributed by atoms with Gasteiger partial charge in [0, 0.05) is 6.42 Å². The van der Waals surface area contributed by atoms with Gasteiger partial charge in [0.25, 0.3) is 5.69 Å². The topological polar surface area (TPSA) is 123 Å². The SMILES string of the molecule is C=CCN=C1NC(=O)C(CC(=O)Nc2ccc(OC)cc2[N+](=O)[O-])S1. The van der Waals surface area contributed by atoms with Crippen molar-refractivity contribution in [2.75, 3.05) is 19.0 Å². The van der Waals surface area contributed by atoms with E-state index in [9.17, 15) is 19.7 Å². The summed E-state index contributed by atoms with van der Waals surface area (Å²) in [5, 5.41) is 15.9. The molecule has 1 atom stereocenters. The maximum Gasteiger partial charge on any atom is 0.296 e. The molecule has 0 spiro atoms. The van der Waals surface area contributed by atoms with Gasteiger partial charge in [0.2, 0.25) is 11.8 Å². The average Bonchev–Trinajstić information content (AvgIpc) is 2.92. The first kappa shape index (κ1) is 18.5. The maximum absolute atomic E-state index is 12.1. The predicted molar refractivity (Wildman–Crippen MR) is 94.9 cm³/mol. The minimum atomic E-state index is -0.638. The lowest BCUT2D eigenvalue weighted by Crippen LogP contribution is -2.28. The Balaban J connectivity index is 2.04. The number of nitrogens with zero attached hydrogens (tertiary/aromatic N) is 2. The fourth-order valence-electron chi connectivity index (χ4n) is 2.03. The first-order valence-electron chi connectivity index (χ1n) is 7.19. The third-order valence-electron chi connectivity index (χ3n) is 3.19. The molecule has 0 radical (unpaired) electrons. The molecule has 10 heteroatoms. The molecule has 1 saturated heterocycles. The molecule has 1 aromatic carbocycles. The second-order valence-electron chi connectivity index (χ2n) is 4.92. The van der Waals surface area contributed by atoms with Crippen molar-refractivity contribution >= 4 is 40.1 Å². The van der Waals surface area contributed by atoms with Crippen molar-refractivity contribution in [1.29, 1.82) is 0 Å². The van der Waals surface area contributed by atoms with Crippen LogP contribution in [0.1, 0.15) is 6.42 Å². The first-order chi connectivity index (χ1) is 11.9. The molecule has 2 rings (SSSR count). The van der Waals surface area contributed by atoms with E-state index in [1.54, 1.807) is 6.08 Å². The number of carbonyl (C=O) groups excluding carboxylic acids is 2. The Morgan fingerprint density at radius 3 is 3.00 bits per heavy atom. The molecule has 132 valence electrons. The van der Waals surface area contributed by atoms with Crippen molar-refractivity contribution < 1.29 is 19.2 Å². The molecular formula is C15H16N4O5S. The molecule has 1 aliphatic heterocycles. The summed E-state index contributed by atoms with van der Waals surface area (Å²) in [7, 11) is 1.39. The minimum absolute atomic E-state index is 0.0414. The molecule has 1 aromatic rings. The zero-order chi connectivity index (χ0) is 18.4. The number of aliphatic imine (C=N–C) groups is 1. The molecule has 25 heavy (non-hydrogen) atoms. The van der Waals surface area contributed by atoms with Gasteiger partial charge in [0.1, 0.15) is 16.7 Å². The van der Waals surface area contributed by atoms with Crippen LogP contribution in [-0.4, -0.2) is 40.8 Å². The molecule has 1 fully saturated rings. The highest BCUT2D eigenvalue weighted by molar-refractivity contribution is 8.15. The number of nitro groups is 1. The van der Waals surface area contributed by atoms with Crippen molar-refractivity contribution in [3.8, 4) is 5.75 Å². The van der Waals surface area contributed by atoms with Crippen molar-refractivity contribution in [2.45, 2.75) is 11.7 Å². The number of methoxy groups -OCH3 is 1. The number of hydrogen-bond acceptors (Lipinski definition) is 7. The summed E-state index contributed by atoms with van der Waals surface area (Å²) in [5.41, 5.74) is -0.246. The summed E-state index contributed by atoms with van der Waals surface area (Å²) in [6, 6.07) is 4.10. The van der Waals surface area contributed by atoms with Crippen molar-refractivity contribution in [1.82, 2.24) is 5.32 Å². The smallest absolute Gasteiger partial charge is 0.296 e. The van der Waals surface area contributed by atoms with Gasteiger partial charge >= 0.3 is 0 Å². The first-order valence-corrected chi connectivity index (χ1v) is 8.07. The van der Waals surface area contributed by atoms with E-state index in [1.165, 1.54) is 25.3 Å². The molecule has 9 nitrogen and oxygen atoms in total. The lowest BCUT2D eigenvalue weighted by Gasteiger charge is -2.09. The van der Waals surface area contributed by atoms with Crippen molar-refractivity contribution in [2.24, 2.45) is 4.99 Å². The van der Waals surface area contributed by atoms with Crippen LogP contribution >= 0.6 is 11.8 Å². The Hall–Kier alpha value is -2.88. The van der Waals surface area contributed by atoms with E-state index in [2.05, 4.69) is 22.2 Å². The summed E-state index contributed by atoms with van der Waals surface area (Å²) < 4.78 is 4.94. The van der Waals surface area contributed by atoms with E-state index in [1.807, 2.05) is 0 Å². The standard InChI is InChI=1S/C15H16N4O5S/c1-3-6-16-15-18-14(21)12(25-15)8-13(20)17-10-5-4-9(24-2)7-11(10)19(22)23/h3-5,7,12H,1,6,8H2,2H3,(H,17,20)(H,16,18,21). The number of thioether (sulfide) groups is 1. The largest absolute Gasteiger partial charge is 0.496 e. The number of benzene rings is 1. The van der Waals surface area contributed by atoms with Crippen LogP contribution in [0.3, 0.4) is 0 Å². The highest BCUT2D eigenvalue weighted by Gasteiger charge is 2.32. The third kappa shape index (κ3) is 4.80. The highest BCUT2D eigenvalue weighted by atomic mass is 32.2. The zero-order valence-corrected chi connectivity index (χ0v) is 14.2. The Morgan fingerprint density at radius 1 is 1.60 bits per heavy atom. The minimum Gasteiger partial charge on any atom is -0.496 e. The summed E-state index contributed by atoms with van der Waals surface area (Å²) in [6.45, 7) is 3.89. The second kappa shape index (κ2) is 8.29. The Labute approximate surface area is 147 Å². The van der Waals surface area contributed by atoms with E-state index in [0.29, 0.717) is 17.5 Å². The monoisotopic (exact) mass is 364 g/mol. The molecule has 2 N–H and O–H groups in total. The molecule has 2 amide bonds. The van der Waals surface area contributed by atoms with Crippen LogP contribution in [0, 0.1) is 10.1 Å². The van der Waals surface area contributed by atoms with Gasteiger partial charge in [-0.3, -0.25) is 24.7 Å². The predicted octanol–water partition coefficient (Wildman–Crippen LogP) is 1.71. The Bertz CT molecular complexity index is 749. The maximum atomic E-state index is 12.1. The molecule has 0 aromatic heterocycles. The van der Waals surface area contributed by atoms with E-state index in [0.717, 1.165) is 11.8 Å². The van der Waals surface area contributed by atoms with Gasteiger partial charge in [-0.25, -0.2) is 0 Å². The van der Waals surface area contributed by atoms with Crippen LogP contribution in [-0.2, 0) is 9.59 Å². The summed E-state index contributed by atoms with van der Waals surface area (Å²) >= 11 is 1.14. The molecule has 0 bridgehead atoms. The quantitative estimate of drug-likeness (QED) is 0.431.